The van der Waals surface area contributed by atoms with Crippen LogP contribution in [0.15, 0.2) is 72.1 Å². The maximum Gasteiger partial charge on any atom is 0.409 e. The monoisotopic (exact) mass is 412 g/mol. The number of hydrogen-bond acceptors (Lipinski definition) is 4. The summed E-state index contributed by atoms with van der Waals surface area (Å²) in [6, 6.07) is 17.8. The van der Waals surface area contributed by atoms with Gasteiger partial charge in [0.05, 0.1) is 6.61 Å². The molecule has 6 nitrogen and oxygen atoms in total. The first-order valence-electron chi connectivity index (χ1n) is 9.58. The van der Waals surface area contributed by atoms with Crippen molar-refractivity contribution in [2.24, 2.45) is 0 Å². The number of aliphatic hydroxyl groups is 1. The van der Waals surface area contributed by atoms with Crippen LogP contribution >= 0.6 is 11.9 Å². The van der Waals surface area contributed by atoms with Crippen molar-refractivity contribution in [3.63, 3.8) is 0 Å². The smallest absolute Gasteiger partial charge is 0.409 e. The summed E-state index contributed by atoms with van der Waals surface area (Å²) in [5, 5.41) is 9.46. The molecule has 1 aliphatic rings. The van der Waals surface area contributed by atoms with Gasteiger partial charge in [-0.15, -0.1) is 0 Å². The highest BCUT2D eigenvalue weighted by atomic mass is 32.2. The highest BCUT2D eigenvalue weighted by molar-refractivity contribution is 7.97. The Labute approximate surface area is 175 Å². The summed E-state index contributed by atoms with van der Waals surface area (Å²) in [6.45, 7) is 6.77. The van der Waals surface area contributed by atoms with Crippen molar-refractivity contribution in [1.82, 2.24) is 9.21 Å². The van der Waals surface area contributed by atoms with Gasteiger partial charge in [0.15, 0.2) is 0 Å². The van der Waals surface area contributed by atoms with Gasteiger partial charge >= 0.3 is 12.0 Å². The lowest BCUT2D eigenvalue weighted by atomic mass is 10.2. The first-order valence-corrected chi connectivity index (χ1v) is 10.4. The van der Waals surface area contributed by atoms with Gasteiger partial charge in [-0.2, -0.15) is 4.99 Å². The van der Waals surface area contributed by atoms with Crippen LogP contribution < -0.4 is 4.99 Å². The number of ether oxygens (including phenoxy) is 1. The summed E-state index contributed by atoms with van der Waals surface area (Å²) in [6.07, 6.45) is 1.85. The van der Waals surface area contributed by atoms with E-state index in [1.54, 1.807) is 16.8 Å². The molecule has 0 unspecified atom stereocenters. The summed E-state index contributed by atoms with van der Waals surface area (Å²) >= 11 is 1.66. The zero-order chi connectivity index (χ0) is 20.5. The second-order valence-electron chi connectivity index (χ2n) is 6.60. The number of aliphatic hydroxyl groups excluding tert-OH is 1. The SMILES string of the molecule is C=CC(O)=[NH+]c1ccc(SN2CCN(C(=O)OCCc3ccccc3)CC2)cc1. The van der Waals surface area contributed by atoms with Crippen molar-refractivity contribution < 1.29 is 19.6 Å². The zero-order valence-electron chi connectivity index (χ0n) is 16.3. The van der Waals surface area contributed by atoms with E-state index in [0.717, 1.165) is 30.1 Å². The standard InChI is InChI=1S/C22H25N3O3S/c1-2-21(26)23-19-8-10-20(11-9-19)29-25-15-13-24(14-16-25)22(27)28-17-12-18-6-4-3-5-7-18/h2-11H,1,12-17H2,(H,23,26)/p+1. The van der Waals surface area contributed by atoms with E-state index in [4.69, 9.17) is 4.74 Å². The van der Waals surface area contributed by atoms with Crippen LogP contribution in [0.5, 0.6) is 0 Å². The molecule has 0 saturated carbocycles. The second kappa shape index (κ2) is 10.7. The van der Waals surface area contributed by atoms with Gasteiger partial charge in [-0.1, -0.05) is 36.9 Å². The van der Waals surface area contributed by atoms with Crippen molar-refractivity contribution in [2.45, 2.75) is 11.3 Å². The Morgan fingerprint density at radius 3 is 2.45 bits per heavy atom. The molecule has 2 aromatic rings. The van der Waals surface area contributed by atoms with Crippen molar-refractivity contribution in [3.05, 3.63) is 72.8 Å². The van der Waals surface area contributed by atoms with Crippen LogP contribution in [0.2, 0.25) is 0 Å². The zero-order valence-corrected chi connectivity index (χ0v) is 17.1. The van der Waals surface area contributed by atoms with Gasteiger partial charge in [0, 0.05) is 55.7 Å². The average Bonchev–Trinajstić information content (AvgIpc) is 2.76. The topological polar surface area (TPSA) is 67.0 Å². The van der Waals surface area contributed by atoms with E-state index in [0.29, 0.717) is 19.7 Å². The van der Waals surface area contributed by atoms with Gasteiger partial charge in [-0.25, -0.2) is 9.10 Å². The molecule has 152 valence electrons. The van der Waals surface area contributed by atoms with E-state index in [1.807, 2.05) is 54.6 Å². The molecule has 0 spiro atoms. The summed E-state index contributed by atoms with van der Waals surface area (Å²) in [4.78, 5) is 18.0. The molecule has 1 heterocycles. The molecule has 3 rings (SSSR count). The van der Waals surface area contributed by atoms with Crippen molar-refractivity contribution in [2.75, 3.05) is 32.8 Å². The number of nitrogens with zero attached hydrogens (tertiary/aromatic N) is 2. The number of piperazine rings is 1. The third-order valence-corrected chi connectivity index (χ3v) is 5.62. The maximum absolute atomic E-state index is 12.2. The van der Waals surface area contributed by atoms with E-state index < -0.39 is 0 Å². The highest BCUT2D eigenvalue weighted by Gasteiger charge is 2.22. The van der Waals surface area contributed by atoms with Gasteiger partial charge in [-0.3, -0.25) is 0 Å². The molecule has 1 amide bonds. The fourth-order valence-corrected chi connectivity index (χ4v) is 3.80. The van der Waals surface area contributed by atoms with Crippen LogP contribution in [-0.4, -0.2) is 59.1 Å². The molecule has 1 saturated heterocycles. The fourth-order valence-electron chi connectivity index (χ4n) is 2.90. The van der Waals surface area contributed by atoms with Gasteiger partial charge in [0.25, 0.3) is 0 Å². The predicted octanol–water partition coefficient (Wildman–Crippen LogP) is 2.55. The fraction of sp³-hybridized carbons (Fsp3) is 0.273. The van der Waals surface area contributed by atoms with E-state index in [1.165, 1.54) is 11.6 Å². The first-order chi connectivity index (χ1) is 14.1. The summed E-state index contributed by atoms with van der Waals surface area (Å²) in [5.74, 6) is 0.0252. The second-order valence-corrected chi connectivity index (χ2v) is 7.77. The van der Waals surface area contributed by atoms with Crippen molar-refractivity contribution >= 4 is 29.6 Å². The lowest BCUT2D eigenvalue weighted by Gasteiger charge is -2.33. The highest BCUT2D eigenvalue weighted by Crippen LogP contribution is 2.24. The summed E-state index contributed by atoms with van der Waals surface area (Å²) < 4.78 is 7.66. The Balaban J connectivity index is 1.39. The van der Waals surface area contributed by atoms with Gasteiger partial charge in [-0.05, 0) is 29.6 Å². The molecule has 0 aromatic heterocycles. The van der Waals surface area contributed by atoms with Crippen LogP contribution in [0.1, 0.15) is 5.56 Å². The van der Waals surface area contributed by atoms with Crippen LogP contribution in [0.4, 0.5) is 10.5 Å². The van der Waals surface area contributed by atoms with Gasteiger partial charge in [0.2, 0.25) is 5.69 Å². The third-order valence-electron chi connectivity index (χ3n) is 4.51. The number of nitrogens with one attached hydrogen (secondary N) is 1. The number of benzene rings is 2. The number of amides is 1. The molecule has 0 radical (unpaired) electrons. The molecule has 0 aliphatic carbocycles. The van der Waals surface area contributed by atoms with E-state index in [2.05, 4.69) is 15.9 Å². The molecule has 1 aliphatic heterocycles. The molecule has 2 aromatic carbocycles. The number of rotatable bonds is 7. The molecule has 0 atom stereocenters. The minimum absolute atomic E-state index is 0.0252. The minimum Gasteiger partial charge on any atom is -0.460 e. The lowest BCUT2D eigenvalue weighted by Crippen LogP contribution is -2.65. The van der Waals surface area contributed by atoms with E-state index in [9.17, 15) is 9.90 Å². The Hall–Kier alpha value is -2.77. The molecule has 7 heteroatoms. The molecule has 29 heavy (non-hydrogen) atoms. The van der Waals surface area contributed by atoms with Crippen LogP contribution in [0.3, 0.4) is 0 Å². The number of carbonyl (C=O) groups is 1. The van der Waals surface area contributed by atoms with Crippen LogP contribution in [0.25, 0.3) is 0 Å². The van der Waals surface area contributed by atoms with Gasteiger partial charge in [0.1, 0.15) is 0 Å². The van der Waals surface area contributed by atoms with E-state index in [-0.39, 0.29) is 12.0 Å². The quantitative estimate of drug-likeness (QED) is 0.416. The largest absolute Gasteiger partial charge is 0.460 e. The molecular formula is C22H26N3O3S+. The Bertz CT molecular complexity index is 832. The normalized spacial score (nSPS) is 15.2. The first kappa shape index (κ1) is 21.0. The van der Waals surface area contributed by atoms with Crippen molar-refractivity contribution in [1.29, 1.82) is 0 Å². The van der Waals surface area contributed by atoms with Gasteiger partial charge < -0.3 is 14.7 Å². The molecule has 0 bridgehead atoms. The summed E-state index contributed by atoms with van der Waals surface area (Å²) in [7, 11) is 0. The lowest BCUT2D eigenvalue weighted by molar-refractivity contribution is -0.364. The van der Waals surface area contributed by atoms with Crippen LogP contribution in [0, 0.1) is 0 Å². The Kier molecular flexibility index (Phi) is 7.72. The minimum atomic E-state index is -0.237. The Morgan fingerprint density at radius 2 is 1.79 bits per heavy atom. The molecular weight excluding hydrogens is 386 g/mol. The van der Waals surface area contributed by atoms with Crippen LogP contribution in [-0.2, 0) is 11.2 Å². The summed E-state index contributed by atoms with van der Waals surface area (Å²) in [5.41, 5.74) is 1.97. The average molecular weight is 413 g/mol. The maximum atomic E-state index is 12.2. The molecule has 1 fully saturated rings. The number of hydrogen-bond donors (Lipinski definition) is 2. The Morgan fingerprint density at radius 1 is 1.10 bits per heavy atom. The number of carbonyl (C=O) groups excluding carboxylic acids is 1. The molecule has 2 N–H and O–H groups in total. The third kappa shape index (κ3) is 6.66. The van der Waals surface area contributed by atoms with E-state index >= 15 is 0 Å². The predicted molar refractivity (Wildman–Crippen MR) is 115 cm³/mol. The van der Waals surface area contributed by atoms with Crippen molar-refractivity contribution in [3.8, 4) is 0 Å².